The maximum absolute atomic E-state index is 11.8. The second kappa shape index (κ2) is 5.98. The first kappa shape index (κ1) is 14.9. The topological polar surface area (TPSA) is 37.3 Å². The minimum absolute atomic E-state index is 0.134. The number of nitrogens with zero attached hydrogens (tertiary/aromatic N) is 2. The molecule has 1 aromatic heterocycles. The van der Waals surface area contributed by atoms with Crippen LogP contribution in [0.2, 0.25) is 0 Å². The highest BCUT2D eigenvalue weighted by Crippen LogP contribution is 2.27. The smallest absolute Gasteiger partial charge is 0.263 e. The molecule has 2 aromatic rings. The highest BCUT2D eigenvalue weighted by atomic mass is 32.2. The van der Waals surface area contributed by atoms with E-state index in [1.54, 1.807) is 0 Å². The lowest BCUT2D eigenvalue weighted by Crippen LogP contribution is -2.17. The fourth-order valence-corrected chi connectivity index (χ4v) is 3.24. The van der Waals surface area contributed by atoms with Crippen LogP contribution in [0.15, 0.2) is 47.5 Å². The number of carbonyl (C=O) groups is 1. The summed E-state index contributed by atoms with van der Waals surface area (Å²) in [6.07, 6.45) is 3.84. The summed E-state index contributed by atoms with van der Waals surface area (Å²) >= 11 is 6.31. The summed E-state index contributed by atoms with van der Waals surface area (Å²) in [5.41, 5.74) is 3.14. The Bertz CT molecular complexity index is 760. The molecule has 0 spiro atoms. The van der Waals surface area contributed by atoms with Crippen molar-refractivity contribution in [3.63, 3.8) is 0 Å². The summed E-state index contributed by atoms with van der Waals surface area (Å²) in [6.45, 7) is 0. The van der Waals surface area contributed by atoms with Crippen LogP contribution >= 0.6 is 24.0 Å². The Labute approximate surface area is 138 Å². The Morgan fingerprint density at radius 3 is 2.55 bits per heavy atom. The number of benzene rings is 1. The van der Waals surface area contributed by atoms with Gasteiger partial charge in [-0.3, -0.25) is 4.79 Å². The fraction of sp³-hybridized carbons (Fsp3) is 0.125. The predicted octanol–water partition coefficient (Wildman–Crippen LogP) is 3.03. The number of thioether (sulfide) groups is 1. The van der Waals surface area contributed by atoms with Crippen LogP contribution in [-0.4, -0.2) is 28.9 Å². The van der Waals surface area contributed by atoms with Gasteiger partial charge in [-0.2, -0.15) is 0 Å². The van der Waals surface area contributed by atoms with Gasteiger partial charge in [0.15, 0.2) is 0 Å². The molecule has 112 valence electrons. The first-order valence-corrected chi connectivity index (χ1v) is 7.97. The van der Waals surface area contributed by atoms with Crippen LogP contribution in [0, 0.1) is 0 Å². The van der Waals surface area contributed by atoms with Crippen LogP contribution in [0.1, 0.15) is 5.69 Å². The lowest BCUT2D eigenvalue weighted by molar-refractivity contribution is -0.115. The van der Waals surface area contributed by atoms with Crippen LogP contribution in [-0.2, 0) is 4.79 Å². The van der Waals surface area contributed by atoms with E-state index in [0.29, 0.717) is 9.23 Å². The minimum Gasteiger partial charge on any atom is -0.378 e. The molecule has 6 heteroatoms. The van der Waals surface area contributed by atoms with E-state index in [-0.39, 0.29) is 5.91 Å². The van der Waals surface area contributed by atoms with Gasteiger partial charge in [-0.15, -0.1) is 0 Å². The third kappa shape index (κ3) is 2.93. The van der Waals surface area contributed by atoms with Crippen molar-refractivity contribution in [3.05, 3.63) is 53.2 Å². The zero-order valence-corrected chi connectivity index (χ0v) is 13.9. The predicted molar refractivity (Wildman–Crippen MR) is 96.4 cm³/mol. The Kier molecular flexibility index (Phi) is 4.04. The van der Waals surface area contributed by atoms with Crippen LogP contribution < -0.4 is 10.2 Å². The molecular weight excluding hydrogens is 314 g/mol. The molecule has 1 amide bonds. The number of hydrogen-bond donors (Lipinski definition) is 1. The first-order valence-electron chi connectivity index (χ1n) is 6.74. The fourth-order valence-electron chi connectivity index (χ4n) is 2.21. The van der Waals surface area contributed by atoms with Crippen molar-refractivity contribution in [2.75, 3.05) is 19.0 Å². The monoisotopic (exact) mass is 329 g/mol. The van der Waals surface area contributed by atoms with Crippen molar-refractivity contribution in [3.8, 4) is 5.69 Å². The van der Waals surface area contributed by atoms with Gasteiger partial charge in [0.05, 0.1) is 4.91 Å². The number of anilines is 1. The summed E-state index contributed by atoms with van der Waals surface area (Å²) < 4.78 is 2.55. The highest BCUT2D eigenvalue weighted by molar-refractivity contribution is 8.26. The molecular formula is C16H15N3OS2. The quantitative estimate of drug-likeness (QED) is 0.694. The molecule has 1 fully saturated rings. The first-order chi connectivity index (χ1) is 10.5. The molecule has 4 nitrogen and oxygen atoms in total. The van der Waals surface area contributed by atoms with Gasteiger partial charge < -0.3 is 14.8 Å². The average Bonchev–Trinajstić information content (AvgIpc) is 3.06. The molecule has 0 saturated carbocycles. The number of aromatic nitrogens is 1. The normalized spacial score (nSPS) is 16.2. The Morgan fingerprint density at radius 1 is 1.23 bits per heavy atom. The molecule has 0 radical (unpaired) electrons. The number of hydrogen-bond acceptors (Lipinski definition) is 4. The standard InChI is InChI=1S/C16H15N3OS2/c1-18(2)11-5-7-12(8-6-11)19-9-3-4-13(19)10-14-15(20)17-16(21)22-14/h3-10H,1-2H3,(H,17,20,21). The molecule has 0 unspecified atom stereocenters. The second-order valence-corrected chi connectivity index (χ2v) is 6.78. The SMILES string of the molecule is CN(C)c1ccc(-n2cccc2C=C2SC(=S)NC2=O)cc1. The van der Waals surface area contributed by atoms with Crippen molar-refractivity contribution < 1.29 is 4.79 Å². The molecule has 1 aromatic carbocycles. The van der Waals surface area contributed by atoms with Gasteiger partial charge in [0.2, 0.25) is 0 Å². The summed E-state index contributed by atoms with van der Waals surface area (Å²) in [5, 5.41) is 2.63. The molecule has 1 aliphatic heterocycles. The van der Waals surface area contributed by atoms with Crippen LogP contribution in [0.4, 0.5) is 5.69 Å². The second-order valence-electron chi connectivity index (χ2n) is 5.07. The molecule has 0 bridgehead atoms. The lowest BCUT2D eigenvalue weighted by atomic mass is 10.2. The van der Waals surface area contributed by atoms with Gasteiger partial charge in [0.25, 0.3) is 5.91 Å². The van der Waals surface area contributed by atoms with E-state index in [1.165, 1.54) is 11.8 Å². The van der Waals surface area contributed by atoms with E-state index in [4.69, 9.17) is 12.2 Å². The zero-order chi connectivity index (χ0) is 15.7. The summed E-state index contributed by atoms with van der Waals surface area (Å²) in [4.78, 5) is 14.5. The third-order valence-corrected chi connectivity index (χ3v) is 4.51. The van der Waals surface area contributed by atoms with Gasteiger partial charge in [0, 0.05) is 37.4 Å². The number of nitrogens with one attached hydrogen (secondary N) is 1. The maximum Gasteiger partial charge on any atom is 0.263 e. The number of rotatable bonds is 3. The minimum atomic E-state index is -0.134. The van der Waals surface area contributed by atoms with Crippen molar-refractivity contribution in [2.45, 2.75) is 0 Å². The Balaban J connectivity index is 1.94. The molecule has 0 atom stereocenters. The summed E-state index contributed by atoms with van der Waals surface area (Å²) in [5.74, 6) is -0.134. The van der Waals surface area contributed by atoms with Crippen molar-refractivity contribution in [1.29, 1.82) is 0 Å². The Hall–Kier alpha value is -2.05. The molecule has 22 heavy (non-hydrogen) atoms. The number of carbonyl (C=O) groups excluding carboxylic acids is 1. The average molecular weight is 329 g/mol. The van der Waals surface area contributed by atoms with Crippen LogP contribution in [0.25, 0.3) is 11.8 Å². The van der Waals surface area contributed by atoms with Crippen molar-refractivity contribution in [1.82, 2.24) is 9.88 Å². The number of amides is 1. The van der Waals surface area contributed by atoms with Crippen LogP contribution in [0.3, 0.4) is 0 Å². The van der Waals surface area contributed by atoms with Gasteiger partial charge >= 0.3 is 0 Å². The van der Waals surface area contributed by atoms with E-state index in [1.807, 2.05) is 43.1 Å². The van der Waals surface area contributed by atoms with Gasteiger partial charge in [-0.25, -0.2) is 0 Å². The molecule has 0 aliphatic carbocycles. The van der Waals surface area contributed by atoms with E-state index >= 15 is 0 Å². The molecule has 3 rings (SSSR count). The third-order valence-electron chi connectivity index (χ3n) is 3.35. The largest absolute Gasteiger partial charge is 0.378 e. The van der Waals surface area contributed by atoms with Crippen LogP contribution in [0.5, 0.6) is 0 Å². The van der Waals surface area contributed by atoms with E-state index in [2.05, 4.69) is 34.5 Å². The molecule has 1 aliphatic rings. The lowest BCUT2D eigenvalue weighted by Gasteiger charge is -2.13. The van der Waals surface area contributed by atoms with Crippen molar-refractivity contribution in [2.24, 2.45) is 0 Å². The van der Waals surface area contributed by atoms with E-state index in [9.17, 15) is 4.79 Å². The molecule has 2 heterocycles. The van der Waals surface area contributed by atoms with E-state index < -0.39 is 0 Å². The molecule has 1 N–H and O–H groups in total. The summed E-state index contributed by atoms with van der Waals surface area (Å²) in [7, 11) is 4.03. The zero-order valence-electron chi connectivity index (χ0n) is 12.2. The van der Waals surface area contributed by atoms with Gasteiger partial charge in [0.1, 0.15) is 4.32 Å². The van der Waals surface area contributed by atoms with Crippen molar-refractivity contribution >= 4 is 46.0 Å². The van der Waals surface area contributed by atoms with Gasteiger partial charge in [-0.05, 0) is 42.5 Å². The summed E-state index contributed by atoms with van der Waals surface area (Å²) in [6, 6.07) is 12.2. The van der Waals surface area contributed by atoms with E-state index in [0.717, 1.165) is 17.1 Å². The molecule has 1 saturated heterocycles. The number of thiocarbonyl (C=S) groups is 1. The highest BCUT2D eigenvalue weighted by Gasteiger charge is 2.22. The Morgan fingerprint density at radius 2 is 1.95 bits per heavy atom. The maximum atomic E-state index is 11.8. The van der Waals surface area contributed by atoms with Gasteiger partial charge in [-0.1, -0.05) is 24.0 Å².